The predicted molar refractivity (Wildman–Crippen MR) is 43.1 cm³/mol. The summed E-state index contributed by atoms with van der Waals surface area (Å²) in [6, 6.07) is 0. The summed E-state index contributed by atoms with van der Waals surface area (Å²) >= 11 is 2.00. The van der Waals surface area contributed by atoms with E-state index in [0.717, 1.165) is 26.2 Å². The molecule has 0 unspecified atom stereocenters. The number of nitrogens with one attached hydrogen (secondary N) is 2. The second kappa shape index (κ2) is 5.09. The fraction of sp³-hybridized carbons (Fsp3) is 1.00. The van der Waals surface area contributed by atoms with Crippen LogP contribution >= 0.6 is 11.8 Å². The van der Waals surface area contributed by atoms with Crippen LogP contribution in [0.5, 0.6) is 0 Å². The Morgan fingerprint density at radius 3 is 1.22 bits per heavy atom. The maximum absolute atomic E-state index is 3.22. The molecule has 0 radical (unpaired) electrons. The van der Waals surface area contributed by atoms with Crippen molar-refractivity contribution in [3.05, 3.63) is 0 Å². The normalized spacial score (nSPS) is 24.0. The van der Waals surface area contributed by atoms with Gasteiger partial charge in [0.25, 0.3) is 0 Å². The van der Waals surface area contributed by atoms with Crippen molar-refractivity contribution in [1.29, 1.82) is 0 Å². The molecule has 0 aromatic carbocycles. The van der Waals surface area contributed by atoms with Crippen LogP contribution in [0.4, 0.5) is 0 Å². The molecule has 0 atom stereocenters. The molecule has 54 valence electrons. The van der Waals surface area contributed by atoms with Crippen LogP contribution in [0.25, 0.3) is 0 Å². The Labute approximate surface area is 60.8 Å². The minimum Gasteiger partial charge on any atom is -0.314 e. The van der Waals surface area contributed by atoms with E-state index in [1.165, 1.54) is 11.5 Å². The largest absolute Gasteiger partial charge is 0.314 e. The molecule has 2 fully saturated rings. The maximum atomic E-state index is 3.22. The molecule has 0 saturated carbocycles. The third kappa shape index (κ3) is 6.15. The molecule has 2 N–H and O–H groups in total. The minimum atomic E-state index is 1.14. The van der Waals surface area contributed by atoms with Gasteiger partial charge in [-0.1, -0.05) is 0 Å². The standard InChI is InChI=1S/C4H10N2.C2H4S/c1-2-6-4-3-5-1;1-2-3-1/h5-6H,1-4H2;1-2H2. The topological polar surface area (TPSA) is 24.1 Å². The van der Waals surface area contributed by atoms with Crippen molar-refractivity contribution < 1.29 is 0 Å². The molecule has 2 nitrogen and oxygen atoms in total. The molecule has 2 saturated heterocycles. The van der Waals surface area contributed by atoms with Crippen LogP contribution < -0.4 is 10.6 Å². The van der Waals surface area contributed by atoms with E-state index in [1.807, 2.05) is 11.8 Å². The first-order chi connectivity index (χ1) is 4.50. The first-order valence-electron chi connectivity index (χ1n) is 3.49. The summed E-state index contributed by atoms with van der Waals surface area (Å²) in [6.07, 6.45) is 0. The summed E-state index contributed by atoms with van der Waals surface area (Å²) in [5, 5.41) is 6.44. The van der Waals surface area contributed by atoms with Crippen LogP contribution in [0.15, 0.2) is 0 Å². The summed E-state index contributed by atoms with van der Waals surface area (Å²) in [5.41, 5.74) is 0. The molecule has 0 bridgehead atoms. The van der Waals surface area contributed by atoms with Crippen molar-refractivity contribution in [2.75, 3.05) is 37.7 Å². The van der Waals surface area contributed by atoms with Gasteiger partial charge in [-0.25, -0.2) is 0 Å². The van der Waals surface area contributed by atoms with E-state index < -0.39 is 0 Å². The maximum Gasteiger partial charge on any atom is 0.00772 e. The van der Waals surface area contributed by atoms with Gasteiger partial charge in [0, 0.05) is 37.7 Å². The second-order valence-corrected chi connectivity index (χ2v) is 3.34. The number of thioether (sulfide) groups is 1. The predicted octanol–water partition coefficient (Wildman–Crippen LogP) is -0.0876. The van der Waals surface area contributed by atoms with Crippen molar-refractivity contribution in [3.8, 4) is 0 Å². The van der Waals surface area contributed by atoms with Gasteiger partial charge in [0.15, 0.2) is 0 Å². The van der Waals surface area contributed by atoms with Crippen LogP contribution in [0.3, 0.4) is 0 Å². The lowest BCUT2D eigenvalue weighted by Crippen LogP contribution is -2.39. The van der Waals surface area contributed by atoms with Gasteiger partial charge >= 0.3 is 0 Å². The van der Waals surface area contributed by atoms with Gasteiger partial charge in [-0.15, -0.1) is 0 Å². The van der Waals surface area contributed by atoms with Gasteiger partial charge in [0.2, 0.25) is 0 Å². The second-order valence-electron chi connectivity index (χ2n) is 2.11. The zero-order chi connectivity index (χ0) is 6.36. The third-order valence-corrected chi connectivity index (χ3v) is 1.57. The molecule has 0 aliphatic carbocycles. The summed E-state index contributed by atoms with van der Waals surface area (Å²) in [5.74, 6) is 2.83. The fourth-order valence-electron chi connectivity index (χ4n) is 0.604. The zero-order valence-corrected chi connectivity index (χ0v) is 6.47. The summed E-state index contributed by atoms with van der Waals surface area (Å²) in [7, 11) is 0. The Morgan fingerprint density at radius 1 is 0.778 bits per heavy atom. The summed E-state index contributed by atoms with van der Waals surface area (Å²) in [6.45, 7) is 4.56. The lowest BCUT2D eigenvalue weighted by atomic mass is 10.4. The molecule has 0 spiro atoms. The SMILES string of the molecule is C1CNCCN1.C1CS1. The number of hydrogen-bond donors (Lipinski definition) is 2. The van der Waals surface area contributed by atoms with E-state index in [1.54, 1.807) is 0 Å². The molecule has 2 rings (SSSR count). The first-order valence-corrected chi connectivity index (χ1v) is 4.65. The van der Waals surface area contributed by atoms with Gasteiger partial charge < -0.3 is 10.6 Å². The van der Waals surface area contributed by atoms with Crippen molar-refractivity contribution >= 4 is 11.8 Å². The molecule has 0 aromatic heterocycles. The smallest absolute Gasteiger partial charge is 0.00772 e. The van der Waals surface area contributed by atoms with Gasteiger partial charge in [-0.3, -0.25) is 0 Å². The van der Waals surface area contributed by atoms with Gasteiger partial charge in [0.1, 0.15) is 0 Å². The molecular formula is C6H14N2S. The molecule has 3 heteroatoms. The van der Waals surface area contributed by atoms with Crippen molar-refractivity contribution in [2.24, 2.45) is 0 Å². The molecule has 9 heavy (non-hydrogen) atoms. The quantitative estimate of drug-likeness (QED) is 0.467. The van der Waals surface area contributed by atoms with Gasteiger partial charge in [-0.05, 0) is 0 Å². The molecule has 2 aliphatic rings. The number of piperazine rings is 1. The molecule has 0 aromatic rings. The minimum absolute atomic E-state index is 1.14. The highest BCUT2D eigenvalue weighted by Crippen LogP contribution is 2.14. The number of rotatable bonds is 0. The van der Waals surface area contributed by atoms with Crippen molar-refractivity contribution in [1.82, 2.24) is 10.6 Å². The molecule has 2 aliphatic heterocycles. The van der Waals surface area contributed by atoms with Crippen LogP contribution in [0, 0.1) is 0 Å². The van der Waals surface area contributed by atoms with Crippen LogP contribution in [0.1, 0.15) is 0 Å². The highest BCUT2D eigenvalue weighted by atomic mass is 32.2. The molecule has 0 amide bonds. The lowest BCUT2D eigenvalue weighted by Gasteiger charge is -2.11. The Balaban J connectivity index is 0.000000112. The monoisotopic (exact) mass is 146 g/mol. The van der Waals surface area contributed by atoms with E-state index in [0.29, 0.717) is 0 Å². The van der Waals surface area contributed by atoms with E-state index in [4.69, 9.17) is 0 Å². The van der Waals surface area contributed by atoms with Gasteiger partial charge in [0.05, 0.1) is 0 Å². The van der Waals surface area contributed by atoms with E-state index in [9.17, 15) is 0 Å². The average molecular weight is 146 g/mol. The highest BCUT2D eigenvalue weighted by Gasteiger charge is 1.95. The van der Waals surface area contributed by atoms with Gasteiger partial charge in [-0.2, -0.15) is 11.8 Å². The lowest BCUT2D eigenvalue weighted by molar-refractivity contribution is 0.534. The average Bonchev–Trinajstić information content (AvgIpc) is 2.76. The summed E-state index contributed by atoms with van der Waals surface area (Å²) in [4.78, 5) is 0. The summed E-state index contributed by atoms with van der Waals surface area (Å²) < 4.78 is 0. The first kappa shape index (κ1) is 7.38. The van der Waals surface area contributed by atoms with Crippen LogP contribution in [0.2, 0.25) is 0 Å². The highest BCUT2D eigenvalue weighted by molar-refractivity contribution is 8.06. The molecule has 2 heterocycles. The van der Waals surface area contributed by atoms with E-state index in [-0.39, 0.29) is 0 Å². The van der Waals surface area contributed by atoms with Crippen molar-refractivity contribution in [3.63, 3.8) is 0 Å². The molecular weight excluding hydrogens is 132 g/mol. The van der Waals surface area contributed by atoms with E-state index >= 15 is 0 Å². The van der Waals surface area contributed by atoms with Crippen molar-refractivity contribution in [2.45, 2.75) is 0 Å². The Bertz CT molecular complexity index is 47.8. The number of hydrogen-bond acceptors (Lipinski definition) is 3. The third-order valence-electron chi connectivity index (χ3n) is 1.16. The fourth-order valence-corrected chi connectivity index (χ4v) is 0.604. The zero-order valence-electron chi connectivity index (χ0n) is 5.65. The van der Waals surface area contributed by atoms with E-state index in [2.05, 4.69) is 10.6 Å². The Morgan fingerprint density at radius 2 is 1.11 bits per heavy atom. The Hall–Kier alpha value is 0.270. The van der Waals surface area contributed by atoms with Crippen LogP contribution in [-0.2, 0) is 0 Å². The Kier molecular flexibility index (Phi) is 4.17. The van der Waals surface area contributed by atoms with Crippen LogP contribution in [-0.4, -0.2) is 37.7 Å².